The maximum absolute atomic E-state index is 12.2. The van der Waals surface area contributed by atoms with E-state index in [0.29, 0.717) is 0 Å². The topological polar surface area (TPSA) is 36.0 Å². The van der Waals surface area contributed by atoms with Crippen molar-refractivity contribution in [3.8, 4) is 5.75 Å². The Morgan fingerprint density at radius 2 is 1.90 bits per heavy atom. The number of nitrogens with zero attached hydrogens (tertiary/aromatic N) is 3. The minimum atomic E-state index is -0.0825. The minimum absolute atomic E-state index is 0.0825. The molecule has 1 aromatic carbocycles. The molecule has 1 fully saturated rings. The van der Waals surface area contributed by atoms with Crippen LogP contribution in [-0.2, 0) is 4.79 Å². The van der Waals surface area contributed by atoms with E-state index in [1.807, 2.05) is 45.4 Å². The molecule has 1 aliphatic heterocycles. The summed E-state index contributed by atoms with van der Waals surface area (Å²) < 4.78 is 5.18. The molecule has 5 heteroatoms. The van der Waals surface area contributed by atoms with E-state index in [1.54, 1.807) is 12.0 Å². The molecule has 0 radical (unpaired) electrons. The summed E-state index contributed by atoms with van der Waals surface area (Å²) in [5.41, 5.74) is 1.13. The van der Waals surface area contributed by atoms with Crippen molar-refractivity contribution in [2.75, 3.05) is 52.8 Å². The lowest BCUT2D eigenvalue weighted by molar-refractivity contribution is -0.134. The standard InChI is InChI=1S/C15H23N3O2/c1-16(2)15(19)14-11-18(10-9-17(14)3)12-5-7-13(20-4)8-6-12/h5-8,14H,9-11H2,1-4H3/t14-/m0/s1. The van der Waals surface area contributed by atoms with Crippen molar-refractivity contribution in [3.63, 3.8) is 0 Å². The third kappa shape index (κ3) is 3.04. The normalized spacial score (nSPS) is 19.8. The van der Waals surface area contributed by atoms with Crippen molar-refractivity contribution in [2.24, 2.45) is 0 Å². The summed E-state index contributed by atoms with van der Waals surface area (Å²) >= 11 is 0. The van der Waals surface area contributed by atoms with E-state index in [2.05, 4.69) is 9.80 Å². The molecule has 1 amide bonds. The van der Waals surface area contributed by atoms with Crippen LogP contribution in [0, 0.1) is 0 Å². The van der Waals surface area contributed by atoms with Gasteiger partial charge in [-0.2, -0.15) is 0 Å². The van der Waals surface area contributed by atoms with E-state index in [0.717, 1.165) is 31.1 Å². The Kier molecular flexibility index (Phi) is 4.49. The van der Waals surface area contributed by atoms with E-state index in [9.17, 15) is 4.79 Å². The number of methoxy groups -OCH3 is 1. The largest absolute Gasteiger partial charge is 0.497 e. The van der Waals surface area contributed by atoms with Crippen molar-refractivity contribution in [1.29, 1.82) is 0 Å². The lowest BCUT2D eigenvalue weighted by atomic mass is 10.1. The molecule has 0 unspecified atom stereocenters. The Bertz CT molecular complexity index is 459. The van der Waals surface area contributed by atoms with Crippen LogP contribution < -0.4 is 9.64 Å². The molecule has 2 rings (SSSR count). The number of likely N-dealkylation sites (N-methyl/N-ethyl adjacent to an activating group) is 2. The maximum Gasteiger partial charge on any atom is 0.241 e. The van der Waals surface area contributed by atoms with Gasteiger partial charge >= 0.3 is 0 Å². The molecule has 0 N–H and O–H groups in total. The number of carbonyl (C=O) groups is 1. The zero-order valence-electron chi connectivity index (χ0n) is 12.7. The minimum Gasteiger partial charge on any atom is -0.497 e. The Balaban J connectivity index is 2.11. The number of carbonyl (C=O) groups excluding carboxylic acids is 1. The average molecular weight is 277 g/mol. The van der Waals surface area contributed by atoms with Gasteiger partial charge in [0.15, 0.2) is 0 Å². The number of piperazine rings is 1. The summed E-state index contributed by atoms with van der Waals surface area (Å²) in [6, 6.07) is 7.91. The molecule has 1 aromatic rings. The first-order valence-electron chi connectivity index (χ1n) is 6.83. The van der Waals surface area contributed by atoms with E-state index >= 15 is 0 Å². The average Bonchev–Trinajstić information content (AvgIpc) is 2.47. The van der Waals surface area contributed by atoms with Crippen molar-refractivity contribution in [3.05, 3.63) is 24.3 Å². The van der Waals surface area contributed by atoms with E-state index in [4.69, 9.17) is 4.74 Å². The Morgan fingerprint density at radius 3 is 2.45 bits per heavy atom. The second kappa shape index (κ2) is 6.13. The van der Waals surface area contributed by atoms with Crippen molar-refractivity contribution < 1.29 is 9.53 Å². The van der Waals surface area contributed by atoms with Crippen LogP contribution >= 0.6 is 0 Å². The summed E-state index contributed by atoms with van der Waals surface area (Å²) in [5.74, 6) is 1.01. The molecule has 0 saturated carbocycles. The Labute approximate surface area is 120 Å². The highest BCUT2D eigenvalue weighted by Crippen LogP contribution is 2.22. The Hall–Kier alpha value is -1.75. The van der Waals surface area contributed by atoms with Crippen LogP contribution in [0.1, 0.15) is 0 Å². The summed E-state index contributed by atoms with van der Waals surface area (Å²) in [7, 11) is 7.29. The molecule has 1 aliphatic rings. The van der Waals surface area contributed by atoms with Crippen LogP contribution in [-0.4, -0.2) is 69.6 Å². The third-order valence-corrected chi connectivity index (χ3v) is 3.81. The summed E-state index contributed by atoms with van der Waals surface area (Å²) in [6.07, 6.45) is 0. The first kappa shape index (κ1) is 14.7. The van der Waals surface area contributed by atoms with Gasteiger partial charge in [-0.1, -0.05) is 0 Å². The molecule has 0 bridgehead atoms. The van der Waals surface area contributed by atoms with Gasteiger partial charge in [0.2, 0.25) is 5.91 Å². The lowest BCUT2D eigenvalue weighted by Crippen LogP contribution is -2.57. The number of hydrogen-bond donors (Lipinski definition) is 0. The number of amides is 1. The highest BCUT2D eigenvalue weighted by molar-refractivity contribution is 5.82. The van der Waals surface area contributed by atoms with Gasteiger partial charge in [-0.25, -0.2) is 0 Å². The van der Waals surface area contributed by atoms with Gasteiger partial charge in [-0.3, -0.25) is 9.69 Å². The van der Waals surface area contributed by atoms with Crippen LogP contribution in [0.5, 0.6) is 5.75 Å². The SMILES string of the molecule is COc1ccc(N2CCN(C)[C@H](C(=O)N(C)C)C2)cc1. The van der Waals surface area contributed by atoms with Crippen LogP contribution in [0.15, 0.2) is 24.3 Å². The van der Waals surface area contributed by atoms with Gasteiger partial charge in [-0.05, 0) is 31.3 Å². The van der Waals surface area contributed by atoms with Crippen LogP contribution in [0.2, 0.25) is 0 Å². The molecule has 1 saturated heterocycles. The number of rotatable bonds is 3. The molecule has 1 atom stereocenters. The number of ether oxygens (including phenoxy) is 1. The fourth-order valence-corrected chi connectivity index (χ4v) is 2.47. The molecule has 110 valence electrons. The Morgan fingerprint density at radius 1 is 1.25 bits per heavy atom. The highest BCUT2D eigenvalue weighted by atomic mass is 16.5. The quantitative estimate of drug-likeness (QED) is 0.822. The van der Waals surface area contributed by atoms with Crippen molar-refractivity contribution in [2.45, 2.75) is 6.04 Å². The van der Waals surface area contributed by atoms with Gasteiger partial charge in [0.25, 0.3) is 0 Å². The molecule has 20 heavy (non-hydrogen) atoms. The number of hydrogen-bond acceptors (Lipinski definition) is 4. The molecule has 1 heterocycles. The van der Waals surface area contributed by atoms with Crippen LogP contribution in [0.25, 0.3) is 0 Å². The number of benzene rings is 1. The smallest absolute Gasteiger partial charge is 0.241 e. The van der Waals surface area contributed by atoms with Crippen LogP contribution in [0.3, 0.4) is 0 Å². The van der Waals surface area contributed by atoms with Gasteiger partial charge < -0.3 is 14.5 Å². The van der Waals surface area contributed by atoms with Gasteiger partial charge in [-0.15, -0.1) is 0 Å². The monoisotopic (exact) mass is 277 g/mol. The van der Waals surface area contributed by atoms with E-state index in [1.165, 1.54) is 0 Å². The zero-order valence-corrected chi connectivity index (χ0v) is 12.7. The molecule has 0 spiro atoms. The molecule has 5 nitrogen and oxygen atoms in total. The predicted molar refractivity (Wildman–Crippen MR) is 80.3 cm³/mol. The highest BCUT2D eigenvalue weighted by Gasteiger charge is 2.31. The molecular weight excluding hydrogens is 254 g/mol. The number of anilines is 1. The predicted octanol–water partition coefficient (Wildman–Crippen LogP) is 0.904. The van der Waals surface area contributed by atoms with Crippen LogP contribution in [0.4, 0.5) is 5.69 Å². The fourth-order valence-electron chi connectivity index (χ4n) is 2.47. The first-order valence-corrected chi connectivity index (χ1v) is 6.83. The summed E-state index contributed by atoms with van der Waals surface area (Å²) in [4.78, 5) is 18.3. The van der Waals surface area contributed by atoms with Crippen molar-refractivity contribution >= 4 is 11.6 Å². The maximum atomic E-state index is 12.2. The van der Waals surface area contributed by atoms with Crippen molar-refractivity contribution in [1.82, 2.24) is 9.80 Å². The molecular formula is C15H23N3O2. The second-order valence-electron chi connectivity index (χ2n) is 5.37. The fraction of sp³-hybridized carbons (Fsp3) is 0.533. The van der Waals surface area contributed by atoms with E-state index < -0.39 is 0 Å². The second-order valence-corrected chi connectivity index (χ2v) is 5.37. The molecule has 0 aromatic heterocycles. The summed E-state index contributed by atoms with van der Waals surface area (Å²) in [6.45, 7) is 2.54. The zero-order chi connectivity index (χ0) is 14.7. The molecule has 0 aliphatic carbocycles. The first-order chi connectivity index (χ1) is 9.52. The summed E-state index contributed by atoms with van der Waals surface area (Å²) in [5, 5.41) is 0. The van der Waals surface area contributed by atoms with E-state index in [-0.39, 0.29) is 11.9 Å². The third-order valence-electron chi connectivity index (χ3n) is 3.81. The van der Waals surface area contributed by atoms with Gasteiger partial charge in [0.1, 0.15) is 11.8 Å². The van der Waals surface area contributed by atoms with Gasteiger partial charge in [0.05, 0.1) is 7.11 Å². The lowest BCUT2D eigenvalue weighted by Gasteiger charge is -2.40. The van der Waals surface area contributed by atoms with Gasteiger partial charge in [0, 0.05) is 39.4 Å².